The van der Waals surface area contributed by atoms with E-state index in [2.05, 4.69) is 0 Å². The number of hydrogen-bond acceptors (Lipinski definition) is 2. The van der Waals surface area contributed by atoms with E-state index in [0.29, 0.717) is 6.61 Å². The summed E-state index contributed by atoms with van der Waals surface area (Å²) in [7, 11) is 0. The minimum absolute atomic E-state index is 0.631. The van der Waals surface area contributed by atoms with Crippen molar-refractivity contribution in [2.75, 3.05) is 6.61 Å². The van der Waals surface area contributed by atoms with Crippen molar-refractivity contribution in [3.8, 4) is 0 Å². The van der Waals surface area contributed by atoms with E-state index >= 15 is 0 Å². The van der Waals surface area contributed by atoms with Crippen molar-refractivity contribution < 1.29 is 9.15 Å². The van der Waals surface area contributed by atoms with Crippen LogP contribution in [-0.2, 0) is 4.74 Å². The Balaban J connectivity index is 2.29. The first-order valence-corrected chi connectivity index (χ1v) is 3.50. The van der Waals surface area contributed by atoms with E-state index in [4.69, 9.17) is 9.15 Å². The number of rotatable bonds is 1. The zero-order valence-electron chi connectivity index (χ0n) is 5.99. The molecule has 56 valence electrons. The van der Waals surface area contributed by atoms with E-state index in [-0.39, 0.29) is 0 Å². The highest BCUT2D eigenvalue weighted by molar-refractivity contribution is 5.57. The topological polar surface area (TPSA) is 22.4 Å². The molecular weight excluding hydrogens is 140 g/mol. The molecule has 0 atom stereocenters. The second-order valence-electron chi connectivity index (χ2n) is 2.25. The lowest BCUT2D eigenvalue weighted by Gasteiger charge is -2.07. The molecule has 1 aliphatic rings. The Morgan fingerprint density at radius 3 is 3.00 bits per heavy atom. The lowest BCUT2D eigenvalue weighted by atomic mass is 10.3. The fourth-order valence-electron chi connectivity index (χ4n) is 0.969. The van der Waals surface area contributed by atoms with E-state index in [1.165, 1.54) is 0 Å². The number of allylic oxidation sites excluding steroid dienone is 2. The van der Waals surface area contributed by atoms with Crippen LogP contribution in [-0.4, -0.2) is 6.61 Å². The molecule has 11 heavy (non-hydrogen) atoms. The molecule has 0 saturated heterocycles. The molecule has 0 N–H and O–H groups in total. The fraction of sp³-hybridized carbons (Fsp3) is 0.111. The number of hydrogen-bond donors (Lipinski definition) is 0. The second-order valence-corrected chi connectivity index (χ2v) is 2.25. The van der Waals surface area contributed by atoms with Crippen LogP contribution in [0.2, 0.25) is 0 Å². The Labute approximate surface area is 64.8 Å². The van der Waals surface area contributed by atoms with Gasteiger partial charge in [0.1, 0.15) is 6.61 Å². The van der Waals surface area contributed by atoms with Crippen molar-refractivity contribution >= 4 is 5.76 Å². The molecule has 0 spiro atoms. The maximum Gasteiger partial charge on any atom is 0.168 e. The van der Waals surface area contributed by atoms with Crippen LogP contribution >= 0.6 is 0 Å². The molecule has 0 aromatic carbocycles. The smallest absolute Gasteiger partial charge is 0.168 e. The van der Waals surface area contributed by atoms with Gasteiger partial charge in [0.05, 0.1) is 6.26 Å². The Morgan fingerprint density at radius 2 is 2.36 bits per heavy atom. The summed E-state index contributed by atoms with van der Waals surface area (Å²) in [5.74, 6) is 1.59. The highest BCUT2D eigenvalue weighted by Crippen LogP contribution is 2.18. The van der Waals surface area contributed by atoms with Gasteiger partial charge in [-0.3, -0.25) is 0 Å². The summed E-state index contributed by atoms with van der Waals surface area (Å²) in [6, 6.07) is 3.73. The van der Waals surface area contributed by atoms with Crippen LogP contribution in [0.3, 0.4) is 0 Å². The zero-order chi connectivity index (χ0) is 7.52. The van der Waals surface area contributed by atoms with Gasteiger partial charge in [0, 0.05) is 0 Å². The molecule has 0 unspecified atom stereocenters. The predicted octanol–water partition coefficient (Wildman–Crippen LogP) is 2.21. The molecule has 1 aliphatic heterocycles. The first-order valence-electron chi connectivity index (χ1n) is 3.50. The van der Waals surface area contributed by atoms with E-state index in [9.17, 15) is 0 Å². The second kappa shape index (κ2) is 2.66. The maximum absolute atomic E-state index is 5.30. The van der Waals surface area contributed by atoms with E-state index in [1.54, 1.807) is 6.26 Å². The maximum atomic E-state index is 5.30. The summed E-state index contributed by atoms with van der Waals surface area (Å²) >= 11 is 0. The highest BCUT2D eigenvalue weighted by Gasteiger charge is 2.05. The molecule has 0 radical (unpaired) electrons. The van der Waals surface area contributed by atoms with Gasteiger partial charge >= 0.3 is 0 Å². The molecule has 0 bridgehead atoms. The molecular formula is C9H8O2. The van der Waals surface area contributed by atoms with Crippen LogP contribution in [0.25, 0.3) is 5.76 Å². The number of furan rings is 1. The van der Waals surface area contributed by atoms with Gasteiger partial charge in [0.25, 0.3) is 0 Å². The Morgan fingerprint density at radius 1 is 1.36 bits per heavy atom. The largest absolute Gasteiger partial charge is 0.486 e. The molecule has 0 saturated carbocycles. The number of ether oxygens (including phenoxy) is 1. The molecule has 2 heteroatoms. The first kappa shape index (κ1) is 6.28. The van der Waals surface area contributed by atoms with E-state index in [0.717, 1.165) is 11.5 Å². The third-order valence-electron chi connectivity index (χ3n) is 1.48. The van der Waals surface area contributed by atoms with Gasteiger partial charge in [-0.15, -0.1) is 0 Å². The monoisotopic (exact) mass is 148 g/mol. The van der Waals surface area contributed by atoms with Gasteiger partial charge in [0.2, 0.25) is 0 Å². The summed E-state index contributed by atoms with van der Waals surface area (Å²) in [6.45, 7) is 0.631. The summed E-state index contributed by atoms with van der Waals surface area (Å²) in [5, 5.41) is 0. The summed E-state index contributed by atoms with van der Waals surface area (Å²) in [4.78, 5) is 0. The van der Waals surface area contributed by atoms with E-state index < -0.39 is 0 Å². The van der Waals surface area contributed by atoms with Crippen molar-refractivity contribution in [1.29, 1.82) is 0 Å². The van der Waals surface area contributed by atoms with Crippen molar-refractivity contribution in [3.63, 3.8) is 0 Å². The highest BCUT2D eigenvalue weighted by atomic mass is 16.5. The van der Waals surface area contributed by atoms with Crippen LogP contribution < -0.4 is 0 Å². The average Bonchev–Trinajstić information content (AvgIpc) is 2.58. The van der Waals surface area contributed by atoms with Crippen molar-refractivity contribution in [3.05, 3.63) is 42.4 Å². The van der Waals surface area contributed by atoms with Gasteiger partial charge in [-0.05, 0) is 24.3 Å². The average molecular weight is 148 g/mol. The SMILES string of the molecule is C1=CCOC(c2ccco2)=C1. The van der Waals surface area contributed by atoms with Crippen molar-refractivity contribution in [1.82, 2.24) is 0 Å². The van der Waals surface area contributed by atoms with Crippen LogP contribution in [0.4, 0.5) is 0 Å². The zero-order valence-corrected chi connectivity index (χ0v) is 5.99. The molecule has 2 heterocycles. The molecule has 1 aromatic rings. The summed E-state index contributed by atoms with van der Waals surface area (Å²) in [6.07, 6.45) is 7.44. The minimum atomic E-state index is 0.631. The molecule has 0 aliphatic carbocycles. The van der Waals surface area contributed by atoms with Crippen molar-refractivity contribution in [2.24, 2.45) is 0 Å². The van der Waals surface area contributed by atoms with Crippen LogP contribution in [0.15, 0.2) is 41.0 Å². The van der Waals surface area contributed by atoms with Gasteiger partial charge in [-0.1, -0.05) is 6.08 Å². The molecule has 0 amide bonds. The van der Waals surface area contributed by atoms with Gasteiger partial charge in [0.15, 0.2) is 11.5 Å². The third-order valence-corrected chi connectivity index (χ3v) is 1.48. The van der Waals surface area contributed by atoms with Crippen LogP contribution in [0.1, 0.15) is 5.76 Å². The van der Waals surface area contributed by atoms with Gasteiger partial charge in [-0.2, -0.15) is 0 Å². The molecule has 2 nitrogen and oxygen atoms in total. The van der Waals surface area contributed by atoms with Crippen LogP contribution in [0, 0.1) is 0 Å². The lowest BCUT2D eigenvalue weighted by molar-refractivity contribution is 0.303. The van der Waals surface area contributed by atoms with Gasteiger partial charge in [-0.25, -0.2) is 0 Å². The third kappa shape index (κ3) is 1.19. The Kier molecular flexibility index (Phi) is 1.52. The molecule has 2 rings (SSSR count). The summed E-state index contributed by atoms with van der Waals surface area (Å²) < 4.78 is 10.4. The minimum Gasteiger partial charge on any atom is -0.486 e. The quantitative estimate of drug-likeness (QED) is 0.609. The Hall–Kier alpha value is -1.44. The summed E-state index contributed by atoms with van der Waals surface area (Å²) in [5.41, 5.74) is 0. The predicted molar refractivity (Wildman–Crippen MR) is 41.8 cm³/mol. The van der Waals surface area contributed by atoms with Crippen LogP contribution in [0.5, 0.6) is 0 Å². The van der Waals surface area contributed by atoms with E-state index in [1.807, 2.05) is 30.4 Å². The van der Waals surface area contributed by atoms with Gasteiger partial charge < -0.3 is 9.15 Å². The molecule has 1 aromatic heterocycles. The fourth-order valence-corrected chi connectivity index (χ4v) is 0.969. The first-order chi connectivity index (χ1) is 5.47. The lowest BCUT2D eigenvalue weighted by Crippen LogP contribution is -1.93. The normalized spacial score (nSPS) is 15.8. The Bertz CT molecular complexity index is 281. The molecule has 0 fully saturated rings. The standard InChI is InChI=1S/C9H8O2/c1-2-6-10-8(4-1)9-5-3-7-11-9/h1-5,7H,6H2. The van der Waals surface area contributed by atoms with Crippen molar-refractivity contribution in [2.45, 2.75) is 0 Å².